The molecule has 0 heterocycles. The lowest BCUT2D eigenvalue weighted by Gasteiger charge is -2.47. The highest BCUT2D eigenvalue weighted by Crippen LogP contribution is 2.63. The molecule has 9 heteroatoms. The second-order valence-corrected chi connectivity index (χ2v) is 10.5. The largest absolute Gasteiger partial charge is 0.496 e. The Bertz CT molecular complexity index is 441. The van der Waals surface area contributed by atoms with Crippen LogP contribution in [0.2, 0.25) is 19.6 Å². The van der Waals surface area contributed by atoms with Gasteiger partial charge in [-0.1, -0.05) is 19.6 Å². The zero-order valence-electron chi connectivity index (χ0n) is 11.3. The Balaban J connectivity index is 3.66. The van der Waals surface area contributed by atoms with Crippen LogP contribution in [0.15, 0.2) is 11.0 Å². The van der Waals surface area contributed by atoms with Gasteiger partial charge in [0, 0.05) is 5.20 Å². The first kappa shape index (κ1) is 17.1. The van der Waals surface area contributed by atoms with Crippen LogP contribution in [0, 0.1) is 5.41 Å². The summed E-state index contributed by atoms with van der Waals surface area (Å²) < 4.78 is 82.6. The highest BCUT2D eigenvalue weighted by molar-refractivity contribution is 6.88. The smallest absolute Gasteiger partial charge is 0.417 e. The molecule has 1 aliphatic rings. The summed E-state index contributed by atoms with van der Waals surface area (Å²) in [6, 6.07) is 0. The quantitative estimate of drug-likeness (QED) is 0.583. The summed E-state index contributed by atoms with van der Waals surface area (Å²) >= 11 is 0. The molecule has 0 atom stereocenters. The Morgan fingerprint density at radius 2 is 1.45 bits per heavy atom. The molecule has 0 aromatic carbocycles. The van der Waals surface area contributed by atoms with Crippen molar-refractivity contribution in [2.24, 2.45) is 5.41 Å². The highest BCUT2D eigenvalue weighted by atomic mass is 28.3. The fraction of sp³-hybridized carbons (Fsp3) is 0.727. The average Bonchev–Trinajstić information content (AvgIpc) is 2.09. The molecule has 116 valence electrons. The van der Waals surface area contributed by atoms with Crippen molar-refractivity contribution in [2.75, 3.05) is 6.61 Å². The predicted octanol–water partition coefficient (Wildman–Crippen LogP) is 3.85. The van der Waals surface area contributed by atoms with E-state index in [0.717, 1.165) is 0 Å². The van der Waals surface area contributed by atoms with Crippen LogP contribution < -0.4 is 0 Å². The molecule has 0 bridgehead atoms. The van der Waals surface area contributed by atoms with Crippen molar-refractivity contribution in [1.82, 2.24) is 0 Å². The summed E-state index contributed by atoms with van der Waals surface area (Å²) in [6.45, 7) is 5.39. The van der Waals surface area contributed by atoms with Gasteiger partial charge in [0.05, 0.1) is 14.7 Å². The molecule has 0 aromatic heterocycles. The number of carbonyl (C=O) groups is 1. The lowest BCUT2D eigenvalue weighted by atomic mass is 9.70. The first-order valence-electron chi connectivity index (χ1n) is 5.79. The number of ketones is 1. The highest BCUT2D eigenvalue weighted by Gasteiger charge is 2.84. The van der Waals surface area contributed by atoms with E-state index in [1.165, 1.54) is 26.6 Å². The van der Waals surface area contributed by atoms with Gasteiger partial charge in [0.2, 0.25) is 0 Å². The Morgan fingerprint density at radius 3 is 1.70 bits per heavy atom. The van der Waals surface area contributed by atoms with Crippen LogP contribution in [0.3, 0.4) is 0 Å². The maximum atomic E-state index is 13.0. The van der Waals surface area contributed by atoms with Crippen molar-refractivity contribution in [2.45, 2.75) is 38.9 Å². The van der Waals surface area contributed by atoms with Crippen LogP contribution >= 0.6 is 0 Å². The van der Waals surface area contributed by atoms with Crippen molar-refractivity contribution in [3.63, 3.8) is 0 Å². The normalized spacial score (nSPS) is 20.0. The lowest BCUT2D eigenvalue weighted by molar-refractivity contribution is -0.324. The zero-order chi connectivity index (χ0) is 16.1. The molecule has 0 radical (unpaired) electrons. The third-order valence-electron chi connectivity index (χ3n) is 3.02. The number of Topliss-reactive ketones (excluding diaryl/α,β-unsaturated/α-hetero) is 1. The number of carbonyl (C=O) groups excluding carboxylic acids is 1. The van der Waals surface area contributed by atoms with E-state index in [2.05, 4.69) is 4.74 Å². The topological polar surface area (TPSA) is 26.3 Å². The summed E-state index contributed by atoms with van der Waals surface area (Å²) in [7, 11) is -2.68. The number of allylic oxidation sites excluding steroid dienone is 2. The zero-order valence-corrected chi connectivity index (χ0v) is 12.3. The Labute approximate surface area is 112 Å². The van der Waals surface area contributed by atoms with Crippen LogP contribution in [0.1, 0.15) is 6.92 Å². The number of rotatable bonds is 3. The van der Waals surface area contributed by atoms with Gasteiger partial charge in [-0.05, 0) is 6.92 Å². The van der Waals surface area contributed by atoms with Gasteiger partial charge in [-0.25, -0.2) is 0 Å². The van der Waals surface area contributed by atoms with Crippen LogP contribution in [0.25, 0.3) is 0 Å². The second-order valence-electron chi connectivity index (χ2n) is 5.46. The van der Waals surface area contributed by atoms with E-state index >= 15 is 0 Å². The van der Waals surface area contributed by atoms with Crippen LogP contribution in [0.5, 0.6) is 0 Å². The monoisotopic (exact) mass is 320 g/mol. The first-order valence-corrected chi connectivity index (χ1v) is 9.29. The number of halogens is 6. The predicted molar refractivity (Wildman–Crippen MR) is 61.5 cm³/mol. The standard InChI is InChI=1S/C11H14F6O2Si/c1-5-19-8-6(20(2,3)4)7(18)9(8,10(12,13)14)11(15,16)17/h5H2,1-4H3. The number of ether oxygens (including phenoxy) is 1. The Hall–Kier alpha value is -0.993. The molecule has 0 unspecified atom stereocenters. The molecule has 1 aliphatic carbocycles. The molecule has 0 N–H and O–H groups in total. The first-order chi connectivity index (χ1) is 8.73. The van der Waals surface area contributed by atoms with Gasteiger partial charge < -0.3 is 4.74 Å². The van der Waals surface area contributed by atoms with Crippen LogP contribution in [-0.4, -0.2) is 32.8 Å². The molecule has 0 aliphatic heterocycles. The SMILES string of the molecule is CCOC1=C([Si](C)(C)C)C(=O)C1(C(F)(F)F)C(F)(F)F. The van der Waals surface area contributed by atoms with E-state index < -0.39 is 42.6 Å². The maximum Gasteiger partial charge on any atom is 0.417 e. The minimum absolute atomic E-state index is 0.371. The fourth-order valence-electron chi connectivity index (χ4n) is 2.20. The maximum absolute atomic E-state index is 13.0. The van der Waals surface area contributed by atoms with Gasteiger partial charge in [0.15, 0.2) is 5.78 Å². The molecule has 0 aromatic rings. The summed E-state index contributed by atoms with van der Waals surface area (Å²) in [5.41, 5.74) is -4.49. The van der Waals surface area contributed by atoms with Crippen molar-refractivity contribution >= 4 is 13.9 Å². The molecular weight excluding hydrogens is 306 g/mol. The molecule has 20 heavy (non-hydrogen) atoms. The molecule has 0 saturated carbocycles. The van der Waals surface area contributed by atoms with Crippen LogP contribution in [-0.2, 0) is 9.53 Å². The van der Waals surface area contributed by atoms with Gasteiger partial charge in [0.25, 0.3) is 5.41 Å². The summed E-state index contributed by atoms with van der Waals surface area (Å²) in [6.07, 6.45) is -11.5. The van der Waals surface area contributed by atoms with E-state index in [0.29, 0.717) is 0 Å². The third-order valence-corrected chi connectivity index (χ3v) is 4.98. The number of hydrogen-bond donors (Lipinski definition) is 0. The van der Waals surface area contributed by atoms with Crippen molar-refractivity contribution < 1.29 is 35.9 Å². The van der Waals surface area contributed by atoms with Gasteiger partial charge in [-0.2, -0.15) is 26.3 Å². The van der Waals surface area contributed by atoms with Gasteiger partial charge in [-0.15, -0.1) is 0 Å². The summed E-state index contributed by atoms with van der Waals surface area (Å²) in [5, 5.41) is -0.422. The summed E-state index contributed by atoms with van der Waals surface area (Å²) in [5.74, 6) is -3.18. The molecule has 1 rings (SSSR count). The van der Waals surface area contributed by atoms with Crippen molar-refractivity contribution in [3.05, 3.63) is 11.0 Å². The molecular formula is C11H14F6O2Si. The van der Waals surface area contributed by atoms with E-state index in [1.54, 1.807) is 0 Å². The molecule has 2 nitrogen and oxygen atoms in total. The third kappa shape index (κ3) is 2.06. The Kier molecular flexibility index (Phi) is 3.84. The second kappa shape index (κ2) is 4.50. The van der Waals surface area contributed by atoms with E-state index in [1.807, 2.05) is 0 Å². The molecule has 0 amide bonds. The van der Waals surface area contributed by atoms with E-state index in [9.17, 15) is 31.1 Å². The molecule has 0 spiro atoms. The summed E-state index contributed by atoms with van der Waals surface area (Å²) in [4.78, 5) is 11.8. The van der Waals surface area contributed by atoms with Gasteiger partial charge in [-0.3, -0.25) is 4.79 Å². The minimum atomic E-state index is -5.77. The lowest BCUT2D eigenvalue weighted by Crippen LogP contribution is -2.66. The molecule has 0 fully saturated rings. The van der Waals surface area contributed by atoms with E-state index in [4.69, 9.17) is 0 Å². The number of alkyl halides is 6. The van der Waals surface area contributed by atoms with Crippen molar-refractivity contribution in [3.8, 4) is 0 Å². The molecule has 0 saturated heterocycles. The van der Waals surface area contributed by atoms with Crippen LogP contribution in [0.4, 0.5) is 26.3 Å². The average molecular weight is 320 g/mol. The number of hydrogen-bond acceptors (Lipinski definition) is 2. The Morgan fingerprint density at radius 1 is 1.05 bits per heavy atom. The minimum Gasteiger partial charge on any atom is -0.496 e. The van der Waals surface area contributed by atoms with Gasteiger partial charge in [0.1, 0.15) is 5.76 Å². The van der Waals surface area contributed by atoms with Gasteiger partial charge >= 0.3 is 12.4 Å². The van der Waals surface area contributed by atoms with E-state index in [-0.39, 0.29) is 6.61 Å². The fourth-order valence-corrected chi connectivity index (χ4v) is 4.01. The van der Waals surface area contributed by atoms with Crippen molar-refractivity contribution in [1.29, 1.82) is 0 Å².